The predicted molar refractivity (Wildman–Crippen MR) is 89.7 cm³/mol. The van der Waals surface area contributed by atoms with Crippen LogP contribution in [0.15, 0.2) is 34.4 Å². The Morgan fingerprint density at radius 2 is 1.78 bits per heavy atom. The third-order valence-electron chi connectivity index (χ3n) is 3.66. The molecule has 1 aliphatic rings. The Balaban J connectivity index is 1.58. The SMILES string of the molecule is Cc1csc(=O)n1CC(=O)Nc1ccc(NC(=O)C2CC2)cc1. The average Bonchev–Trinajstić information content (AvgIpc) is 3.32. The van der Waals surface area contributed by atoms with Gasteiger partial charge in [0.15, 0.2) is 0 Å². The van der Waals surface area contributed by atoms with E-state index in [0.717, 1.165) is 29.9 Å². The summed E-state index contributed by atoms with van der Waals surface area (Å²) in [5.74, 6) is -0.0565. The number of amides is 2. The molecule has 1 aromatic heterocycles. The van der Waals surface area contributed by atoms with E-state index < -0.39 is 0 Å². The third kappa shape index (κ3) is 3.87. The molecule has 2 aromatic rings. The second-order valence-electron chi connectivity index (χ2n) is 5.62. The fourth-order valence-electron chi connectivity index (χ4n) is 2.17. The van der Waals surface area contributed by atoms with Gasteiger partial charge in [-0.25, -0.2) is 0 Å². The van der Waals surface area contributed by atoms with Crippen molar-refractivity contribution in [2.45, 2.75) is 26.3 Å². The number of nitrogens with one attached hydrogen (secondary N) is 2. The minimum absolute atomic E-state index is 0.00562. The number of hydrogen-bond acceptors (Lipinski definition) is 4. The van der Waals surface area contributed by atoms with E-state index in [2.05, 4.69) is 10.6 Å². The van der Waals surface area contributed by atoms with Gasteiger partial charge in [0.2, 0.25) is 11.8 Å². The minimum Gasteiger partial charge on any atom is -0.326 e. The van der Waals surface area contributed by atoms with Gasteiger partial charge >= 0.3 is 4.87 Å². The maximum absolute atomic E-state index is 12.0. The van der Waals surface area contributed by atoms with Crippen molar-refractivity contribution in [3.63, 3.8) is 0 Å². The number of carbonyl (C=O) groups excluding carboxylic acids is 2. The summed E-state index contributed by atoms with van der Waals surface area (Å²) in [6.45, 7) is 1.79. The van der Waals surface area contributed by atoms with Gasteiger partial charge in [-0.05, 0) is 44.0 Å². The van der Waals surface area contributed by atoms with Crippen LogP contribution in [0.1, 0.15) is 18.5 Å². The van der Waals surface area contributed by atoms with E-state index in [4.69, 9.17) is 0 Å². The van der Waals surface area contributed by atoms with E-state index in [1.807, 2.05) is 0 Å². The molecule has 7 heteroatoms. The molecule has 1 fully saturated rings. The summed E-state index contributed by atoms with van der Waals surface area (Å²) >= 11 is 1.08. The zero-order valence-electron chi connectivity index (χ0n) is 12.7. The molecule has 1 heterocycles. The Kier molecular flexibility index (Phi) is 4.29. The minimum atomic E-state index is -0.261. The lowest BCUT2D eigenvalue weighted by molar-refractivity contribution is -0.117. The molecule has 1 aliphatic carbocycles. The number of anilines is 2. The Morgan fingerprint density at radius 1 is 1.17 bits per heavy atom. The fraction of sp³-hybridized carbons (Fsp3) is 0.312. The van der Waals surface area contributed by atoms with E-state index in [-0.39, 0.29) is 29.1 Å². The molecule has 0 aliphatic heterocycles. The first kappa shape index (κ1) is 15.5. The molecule has 120 valence electrons. The van der Waals surface area contributed by atoms with Crippen LogP contribution in [0.2, 0.25) is 0 Å². The number of thiazole rings is 1. The van der Waals surface area contributed by atoms with Crippen molar-refractivity contribution in [3.8, 4) is 0 Å². The van der Waals surface area contributed by atoms with Crippen LogP contribution in [0.4, 0.5) is 11.4 Å². The first-order chi connectivity index (χ1) is 11.0. The molecule has 0 bridgehead atoms. The molecule has 0 spiro atoms. The van der Waals surface area contributed by atoms with Crippen molar-refractivity contribution in [1.82, 2.24) is 4.57 Å². The fourth-order valence-corrected chi connectivity index (χ4v) is 2.90. The zero-order chi connectivity index (χ0) is 16.4. The first-order valence-electron chi connectivity index (χ1n) is 7.38. The molecule has 2 N–H and O–H groups in total. The molecule has 1 aromatic carbocycles. The Labute approximate surface area is 137 Å². The highest BCUT2D eigenvalue weighted by Crippen LogP contribution is 2.30. The molecule has 0 radical (unpaired) electrons. The lowest BCUT2D eigenvalue weighted by Crippen LogP contribution is -2.25. The average molecular weight is 331 g/mol. The summed E-state index contributed by atoms with van der Waals surface area (Å²) in [4.78, 5) is 35.1. The van der Waals surface area contributed by atoms with Gasteiger partial charge in [0, 0.05) is 28.4 Å². The lowest BCUT2D eigenvalue weighted by atomic mass is 10.2. The van der Waals surface area contributed by atoms with Crippen LogP contribution in [0.25, 0.3) is 0 Å². The maximum atomic E-state index is 12.0. The van der Waals surface area contributed by atoms with Crippen LogP contribution in [0.5, 0.6) is 0 Å². The van der Waals surface area contributed by atoms with Crippen molar-refractivity contribution in [1.29, 1.82) is 0 Å². The second kappa shape index (κ2) is 6.37. The molecule has 3 rings (SSSR count). The topological polar surface area (TPSA) is 80.2 Å². The number of hydrogen-bond donors (Lipinski definition) is 2. The molecule has 23 heavy (non-hydrogen) atoms. The van der Waals surface area contributed by atoms with E-state index in [1.165, 1.54) is 4.57 Å². The lowest BCUT2D eigenvalue weighted by Gasteiger charge is -2.08. The number of nitrogens with zero attached hydrogens (tertiary/aromatic N) is 1. The van der Waals surface area contributed by atoms with Crippen molar-refractivity contribution in [2.75, 3.05) is 10.6 Å². The number of carbonyl (C=O) groups is 2. The molecule has 0 unspecified atom stereocenters. The van der Waals surface area contributed by atoms with Gasteiger partial charge in [0.1, 0.15) is 6.54 Å². The quantitative estimate of drug-likeness (QED) is 0.881. The Morgan fingerprint density at radius 3 is 2.30 bits per heavy atom. The molecule has 6 nitrogen and oxygen atoms in total. The van der Waals surface area contributed by atoms with Gasteiger partial charge in [-0.1, -0.05) is 11.3 Å². The van der Waals surface area contributed by atoms with Crippen LogP contribution in [0, 0.1) is 12.8 Å². The molecule has 0 atom stereocenters. The first-order valence-corrected chi connectivity index (χ1v) is 8.26. The van der Waals surface area contributed by atoms with E-state index >= 15 is 0 Å². The summed E-state index contributed by atoms with van der Waals surface area (Å²) in [7, 11) is 0. The Hall–Kier alpha value is -2.41. The monoisotopic (exact) mass is 331 g/mol. The Bertz CT molecular complexity index is 788. The maximum Gasteiger partial charge on any atom is 0.307 e. The van der Waals surface area contributed by atoms with Gasteiger partial charge in [-0.2, -0.15) is 0 Å². The number of rotatable bonds is 5. The number of aryl methyl sites for hydroxylation is 1. The van der Waals surface area contributed by atoms with Gasteiger partial charge < -0.3 is 10.6 Å². The summed E-state index contributed by atoms with van der Waals surface area (Å²) < 4.78 is 1.43. The summed E-state index contributed by atoms with van der Waals surface area (Å²) in [6, 6.07) is 6.95. The molecular weight excluding hydrogens is 314 g/mol. The predicted octanol–water partition coefficient (Wildman–Crippen LogP) is 2.21. The van der Waals surface area contributed by atoms with E-state index in [9.17, 15) is 14.4 Å². The van der Waals surface area contributed by atoms with Gasteiger partial charge in [0.25, 0.3) is 0 Å². The van der Waals surface area contributed by atoms with E-state index in [0.29, 0.717) is 11.4 Å². The largest absolute Gasteiger partial charge is 0.326 e. The normalized spacial score (nSPS) is 13.6. The highest BCUT2D eigenvalue weighted by Gasteiger charge is 2.29. The number of benzene rings is 1. The van der Waals surface area contributed by atoms with Crippen LogP contribution >= 0.6 is 11.3 Å². The van der Waals surface area contributed by atoms with Crippen LogP contribution in [-0.4, -0.2) is 16.4 Å². The van der Waals surface area contributed by atoms with Crippen molar-refractivity contribution >= 4 is 34.5 Å². The zero-order valence-corrected chi connectivity index (χ0v) is 13.5. The molecule has 2 amide bonds. The van der Waals surface area contributed by atoms with Gasteiger partial charge in [0.05, 0.1) is 0 Å². The van der Waals surface area contributed by atoms with Crippen LogP contribution in [0.3, 0.4) is 0 Å². The molecule has 0 saturated heterocycles. The van der Waals surface area contributed by atoms with Gasteiger partial charge in [-0.3, -0.25) is 19.0 Å². The summed E-state index contributed by atoms with van der Waals surface area (Å²) in [5.41, 5.74) is 2.11. The number of aromatic nitrogens is 1. The van der Waals surface area contributed by atoms with Crippen LogP contribution in [-0.2, 0) is 16.1 Å². The summed E-state index contributed by atoms with van der Waals surface area (Å²) in [5, 5.41) is 7.31. The third-order valence-corrected chi connectivity index (χ3v) is 4.54. The van der Waals surface area contributed by atoms with Crippen molar-refractivity contribution < 1.29 is 9.59 Å². The van der Waals surface area contributed by atoms with Crippen molar-refractivity contribution in [3.05, 3.63) is 45.0 Å². The summed E-state index contributed by atoms with van der Waals surface area (Å²) in [6.07, 6.45) is 1.92. The van der Waals surface area contributed by atoms with Gasteiger partial charge in [-0.15, -0.1) is 0 Å². The standard InChI is InChI=1S/C16H17N3O3S/c1-10-9-23-16(22)19(10)8-14(20)17-12-4-6-13(7-5-12)18-15(21)11-2-3-11/h4-7,9,11H,2-3,8H2,1H3,(H,17,20)(H,18,21). The molecule has 1 saturated carbocycles. The smallest absolute Gasteiger partial charge is 0.307 e. The van der Waals surface area contributed by atoms with E-state index in [1.54, 1.807) is 36.6 Å². The highest BCUT2D eigenvalue weighted by molar-refractivity contribution is 7.07. The molecular formula is C16H17N3O3S. The van der Waals surface area contributed by atoms with Crippen LogP contribution < -0.4 is 15.5 Å². The van der Waals surface area contributed by atoms with Crippen molar-refractivity contribution in [2.24, 2.45) is 5.92 Å². The highest BCUT2D eigenvalue weighted by atomic mass is 32.1. The second-order valence-corrected chi connectivity index (χ2v) is 6.44.